The van der Waals surface area contributed by atoms with Gasteiger partial charge in [-0.25, -0.2) is 13.4 Å². The highest BCUT2D eigenvalue weighted by Gasteiger charge is 2.26. The molecule has 1 fully saturated rings. The van der Waals surface area contributed by atoms with Crippen molar-refractivity contribution in [1.82, 2.24) is 14.6 Å². The third-order valence-electron chi connectivity index (χ3n) is 5.06. The van der Waals surface area contributed by atoms with Crippen LogP contribution in [0.3, 0.4) is 0 Å². The van der Waals surface area contributed by atoms with Gasteiger partial charge in [0.25, 0.3) is 5.91 Å². The molecule has 0 spiro atoms. The number of hydrogen-bond acceptors (Lipinski definition) is 7. The third-order valence-corrected chi connectivity index (χ3v) is 7.85. The maximum atomic E-state index is 12.7. The number of carbonyl (C=O) groups excluding carboxylic acids is 1. The molecule has 0 bridgehead atoms. The van der Waals surface area contributed by atoms with Crippen molar-refractivity contribution in [1.29, 1.82) is 0 Å². The summed E-state index contributed by atoms with van der Waals surface area (Å²) in [6.07, 6.45) is 0. The molecular formula is C22H23N3O5S2. The van der Waals surface area contributed by atoms with Gasteiger partial charge in [0.15, 0.2) is 0 Å². The Bertz CT molecular complexity index is 1190. The summed E-state index contributed by atoms with van der Waals surface area (Å²) in [5.41, 5.74) is 1.94. The largest absolute Gasteiger partial charge is 0.496 e. The van der Waals surface area contributed by atoms with Crippen LogP contribution in [0, 0.1) is 0 Å². The lowest BCUT2D eigenvalue weighted by Gasteiger charge is -2.26. The number of amides is 1. The Balaban J connectivity index is 1.39. The molecule has 1 saturated heterocycles. The van der Waals surface area contributed by atoms with Crippen LogP contribution < -0.4 is 10.1 Å². The van der Waals surface area contributed by atoms with E-state index in [0.29, 0.717) is 42.8 Å². The molecule has 1 N–H and O–H groups in total. The normalized spacial score (nSPS) is 14.8. The van der Waals surface area contributed by atoms with Gasteiger partial charge in [-0.05, 0) is 29.8 Å². The van der Waals surface area contributed by atoms with E-state index in [-0.39, 0.29) is 17.3 Å². The van der Waals surface area contributed by atoms with Crippen molar-refractivity contribution in [2.24, 2.45) is 0 Å². The lowest BCUT2D eigenvalue weighted by molar-refractivity contribution is 0.0730. The average molecular weight is 474 g/mol. The van der Waals surface area contributed by atoms with Crippen molar-refractivity contribution in [3.8, 4) is 16.3 Å². The fraction of sp³-hybridized carbons (Fsp3) is 0.273. The molecule has 0 radical (unpaired) electrons. The standard InChI is InChI=1S/C22H23N3O5S2/c1-29-20-5-3-2-4-18(20)22-24-19(15-31-22)21(26)23-14-16-6-8-17(9-7-16)32(27,28)25-10-12-30-13-11-25/h2-9,15H,10-14H2,1H3,(H,23,26). The van der Waals surface area contributed by atoms with Crippen molar-refractivity contribution >= 4 is 27.3 Å². The molecule has 0 atom stereocenters. The van der Waals surface area contributed by atoms with E-state index in [0.717, 1.165) is 11.1 Å². The zero-order valence-electron chi connectivity index (χ0n) is 17.5. The van der Waals surface area contributed by atoms with Crippen LogP contribution in [-0.2, 0) is 21.3 Å². The molecular weight excluding hydrogens is 450 g/mol. The van der Waals surface area contributed by atoms with Crippen LogP contribution in [0.4, 0.5) is 0 Å². The van der Waals surface area contributed by atoms with E-state index in [2.05, 4.69) is 10.3 Å². The van der Waals surface area contributed by atoms with Crippen molar-refractivity contribution in [2.75, 3.05) is 33.4 Å². The first kappa shape index (κ1) is 22.4. The fourth-order valence-corrected chi connectivity index (χ4v) is 5.55. The molecule has 1 aromatic heterocycles. The molecule has 1 amide bonds. The summed E-state index contributed by atoms with van der Waals surface area (Å²) in [6.45, 7) is 1.77. The van der Waals surface area contributed by atoms with Gasteiger partial charge in [0.2, 0.25) is 10.0 Å². The number of nitrogens with zero attached hydrogens (tertiary/aromatic N) is 2. The Morgan fingerprint density at radius 1 is 1.16 bits per heavy atom. The zero-order chi connectivity index (χ0) is 22.6. The van der Waals surface area contributed by atoms with Crippen LogP contribution in [0.15, 0.2) is 58.8 Å². The second-order valence-electron chi connectivity index (χ2n) is 7.08. The highest BCUT2D eigenvalue weighted by atomic mass is 32.2. The minimum Gasteiger partial charge on any atom is -0.496 e. The van der Waals surface area contributed by atoms with Crippen LogP contribution >= 0.6 is 11.3 Å². The molecule has 1 aliphatic rings. The first-order valence-electron chi connectivity index (χ1n) is 10.0. The van der Waals surface area contributed by atoms with E-state index >= 15 is 0 Å². The van der Waals surface area contributed by atoms with Crippen LogP contribution in [0.5, 0.6) is 5.75 Å². The maximum absolute atomic E-state index is 12.7. The Hall–Kier alpha value is -2.79. The minimum absolute atomic E-state index is 0.232. The predicted molar refractivity (Wildman–Crippen MR) is 121 cm³/mol. The number of rotatable bonds is 7. The van der Waals surface area contributed by atoms with Gasteiger partial charge in [-0.3, -0.25) is 4.79 Å². The van der Waals surface area contributed by atoms with Crippen molar-refractivity contribution < 1.29 is 22.7 Å². The number of carbonyl (C=O) groups is 1. The second kappa shape index (κ2) is 9.78. The van der Waals surface area contributed by atoms with E-state index < -0.39 is 10.0 Å². The van der Waals surface area contributed by atoms with Crippen molar-refractivity contribution in [3.05, 3.63) is 65.2 Å². The molecule has 4 rings (SSSR count). The van der Waals surface area contributed by atoms with Gasteiger partial charge in [-0.15, -0.1) is 11.3 Å². The summed E-state index contributed by atoms with van der Waals surface area (Å²) in [6, 6.07) is 14.0. The molecule has 3 aromatic rings. The van der Waals surface area contributed by atoms with Gasteiger partial charge >= 0.3 is 0 Å². The third kappa shape index (κ3) is 4.83. The minimum atomic E-state index is -3.54. The number of aromatic nitrogens is 1. The smallest absolute Gasteiger partial charge is 0.271 e. The Morgan fingerprint density at radius 2 is 1.88 bits per heavy atom. The van der Waals surface area contributed by atoms with Crippen LogP contribution in [0.2, 0.25) is 0 Å². The molecule has 2 heterocycles. The molecule has 10 heteroatoms. The van der Waals surface area contributed by atoms with Gasteiger partial charge in [-0.1, -0.05) is 24.3 Å². The first-order chi connectivity index (χ1) is 15.5. The monoisotopic (exact) mass is 473 g/mol. The average Bonchev–Trinajstić information content (AvgIpc) is 3.33. The topological polar surface area (TPSA) is 97.8 Å². The summed E-state index contributed by atoms with van der Waals surface area (Å²) in [4.78, 5) is 17.2. The fourth-order valence-electron chi connectivity index (χ4n) is 3.31. The maximum Gasteiger partial charge on any atom is 0.271 e. The van der Waals surface area contributed by atoms with Crippen LogP contribution in [0.1, 0.15) is 16.1 Å². The van der Waals surface area contributed by atoms with E-state index in [4.69, 9.17) is 9.47 Å². The lowest BCUT2D eigenvalue weighted by atomic mass is 10.2. The molecule has 0 aliphatic carbocycles. The summed E-state index contributed by atoms with van der Waals surface area (Å²) < 4.78 is 37.4. The highest BCUT2D eigenvalue weighted by Crippen LogP contribution is 2.31. The van der Waals surface area contributed by atoms with Gasteiger partial charge < -0.3 is 14.8 Å². The number of ether oxygens (including phenoxy) is 2. The molecule has 32 heavy (non-hydrogen) atoms. The first-order valence-corrected chi connectivity index (χ1v) is 12.3. The molecule has 1 aliphatic heterocycles. The number of methoxy groups -OCH3 is 1. The number of para-hydroxylation sites is 1. The van der Waals surface area contributed by atoms with E-state index in [9.17, 15) is 13.2 Å². The number of hydrogen-bond donors (Lipinski definition) is 1. The number of thiazole rings is 1. The second-order valence-corrected chi connectivity index (χ2v) is 9.88. The number of benzene rings is 2. The molecule has 168 valence electrons. The van der Waals surface area contributed by atoms with E-state index in [1.807, 2.05) is 24.3 Å². The van der Waals surface area contributed by atoms with Crippen molar-refractivity contribution in [2.45, 2.75) is 11.4 Å². The zero-order valence-corrected chi connectivity index (χ0v) is 19.1. The highest BCUT2D eigenvalue weighted by molar-refractivity contribution is 7.89. The predicted octanol–water partition coefficient (Wildman–Crippen LogP) is 2.77. The van der Waals surface area contributed by atoms with E-state index in [1.165, 1.54) is 15.6 Å². The lowest BCUT2D eigenvalue weighted by Crippen LogP contribution is -2.40. The van der Waals surface area contributed by atoms with Gasteiger partial charge in [0.05, 0.1) is 30.8 Å². The van der Waals surface area contributed by atoms with E-state index in [1.54, 1.807) is 36.8 Å². The van der Waals surface area contributed by atoms with Crippen molar-refractivity contribution in [3.63, 3.8) is 0 Å². The van der Waals surface area contributed by atoms with Crippen LogP contribution in [-0.4, -0.2) is 57.0 Å². The summed E-state index contributed by atoms with van der Waals surface area (Å²) in [5, 5.41) is 5.23. The quantitative estimate of drug-likeness (QED) is 0.567. The Morgan fingerprint density at radius 3 is 2.59 bits per heavy atom. The number of morpholine rings is 1. The molecule has 0 saturated carbocycles. The summed E-state index contributed by atoms with van der Waals surface area (Å²) in [5.74, 6) is 0.397. The van der Waals surface area contributed by atoms with Crippen LogP contribution in [0.25, 0.3) is 10.6 Å². The number of sulfonamides is 1. The van der Waals surface area contributed by atoms with Gasteiger partial charge in [0, 0.05) is 25.0 Å². The summed E-state index contributed by atoms with van der Waals surface area (Å²) in [7, 11) is -1.94. The summed E-state index contributed by atoms with van der Waals surface area (Å²) >= 11 is 1.37. The Labute approximate surface area is 190 Å². The molecule has 0 unspecified atom stereocenters. The van der Waals surface area contributed by atoms with Gasteiger partial charge in [0.1, 0.15) is 16.5 Å². The Kier molecular flexibility index (Phi) is 6.85. The molecule has 2 aromatic carbocycles. The van der Waals surface area contributed by atoms with Gasteiger partial charge in [-0.2, -0.15) is 4.31 Å². The number of nitrogens with one attached hydrogen (secondary N) is 1. The molecule has 8 nitrogen and oxygen atoms in total. The SMILES string of the molecule is COc1ccccc1-c1nc(C(=O)NCc2ccc(S(=O)(=O)N3CCOCC3)cc2)cs1.